The van der Waals surface area contributed by atoms with Crippen LogP contribution in [0.5, 0.6) is 0 Å². The van der Waals surface area contributed by atoms with E-state index in [0.717, 1.165) is 83.0 Å². The molecule has 1 amide bonds. The zero-order chi connectivity index (χ0) is 19.9. The van der Waals surface area contributed by atoms with Crippen LogP contribution in [-0.2, 0) is 22.4 Å². The highest BCUT2D eigenvalue weighted by atomic mass is 16.5. The highest BCUT2D eigenvalue weighted by Gasteiger charge is 2.26. The Morgan fingerprint density at radius 1 is 1.07 bits per heavy atom. The van der Waals surface area contributed by atoms with E-state index in [-0.39, 0.29) is 0 Å². The maximum absolute atomic E-state index is 12.5. The van der Waals surface area contributed by atoms with Gasteiger partial charge >= 0.3 is 0 Å². The minimum Gasteiger partial charge on any atom is -0.381 e. The lowest BCUT2D eigenvalue weighted by Gasteiger charge is -2.31. The third-order valence-electron chi connectivity index (χ3n) is 6.20. The van der Waals surface area contributed by atoms with E-state index in [4.69, 9.17) is 9.26 Å². The number of likely N-dealkylation sites (tertiary alicyclic amines) is 1. The molecule has 0 radical (unpaired) electrons. The molecular weight excluding hydrogens is 366 g/mol. The lowest BCUT2D eigenvalue weighted by Crippen LogP contribution is -2.38. The second-order valence-electron chi connectivity index (χ2n) is 8.30. The molecule has 6 heteroatoms. The minimum atomic E-state index is 0.291. The van der Waals surface area contributed by atoms with Gasteiger partial charge < -0.3 is 14.2 Å². The number of piperidine rings is 1. The summed E-state index contributed by atoms with van der Waals surface area (Å²) in [7, 11) is 0. The topological polar surface area (TPSA) is 68.5 Å². The molecule has 2 saturated heterocycles. The van der Waals surface area contributed by atoms with Crippen molar-refractivity contribution in [3.8, 4) is 0 Å². The summed E-state index contributed by atoms with van der Waals surface area (Å²) < 4.78 is 10.9. The van der Waals surface area contributed by atoms with Crippen molar-refractivity contribution < 1.29 is 14.1 Å². The molecule has 0 bridgehead atoms. The van der Waals surface area contributed by atoms with Gasteiger partial charge in [0.25, 0.3) is 0 Å². The van der Waals surface area contributed by atoms with Crippen LogP contribution in [0.4, 0.5) is 0 Å². The molecule has 2 aliphatic heterocycles. The monoisotopic (exact) mass is 397 g/mol. The third kappa shape index (κ3) is 5.66. The number of hydrogen-bond acceptors (Lipinski definition) is 5. The molecule has 2 fully saturated rings. The summed E-state index contributed by atoms with van der Waals surface area (Å²) in [5.41, 5.74) is 1.30. The van der Waals surface area contributed by atoms with Crippen molar-refractivity contribution in [1.82, 2.24) is 15.0 Å². The van der Waals surface area contributed by atoms with Gasteiger partial charge in [-0.3, -0.25) is 4.79 Å². The largest absolute Gasteiger partial charge is 0.381 e. The highest BCUT2D eigenvalue weighted by molar-refractivity contribution is 5.76. The van der Waals surface area contributed by atoms with Crippen molar-refractivity contribution >= 4 is 5.91 Å². The van der Waals surface area contributed by atoms with E-state index in [0.29, 0.717) is 24.2 Å². The van der Waals surface area contributed by atoms with Gasteiger partial charge in [0.05, 0.1) is 0 Å². The predicted molar refractivity (Wildman–Crippen MR) is 109 cm³/mol. The molecular formula is C23H31N3O3. The lowest BCUT2D eigenvalue weighted by atomic mass is 9.93. The first kappa shape index (κ1) is 20.1. The maximum Gasteiger partial charge on any atom is 0.226 e. The lowest BCUT2D eigenvalue weighted by molar-refractivity contribution is -0.132. The average molecular weight is 398 g/mol. The number of rotatable bonds is 7. The normalized spacial score (nSPS) is 18.8. The minimum absolute atomic E-state index is 0.291. The molecule has 0 atom stereocenters. The number of aromatic nitrogens is 2. The Balaban J connectivity index is 1.17. The fourth-order valence-corrected chi connectivity index (χ4v) is 4.35. The fourth-order valence-electron chi connectivity index (χ4n) is 4.35. The Kier molecular flexibility index (Phi) is 6.93. The second kappa shape index (κ2) is 10.0. The number of carbonyl (C=O) groups excluding carboxylic acids is 1. The number of hydrogen-bond donors (Lipinski definition) is 0. The molecule has 4 rings (SSSR count). The van der Waals surface area contributed by atoms with Gasteiger partial charge in [-0.1, -0.05) is 35.5 Å². The molecule has 0 aliphatic carbocycles. The smallest absolute Gasteiger partial charge is 0.226 e. The van der Waals surface area contributed by atoms with E-state index < -0.39 is 0 Å². The molecule has 156 valence electrons. The number of ether oxygens (including phenoxy) is 1. The Hall–Kier alpha value is -2.21. The number of amides is 1. The summed E-state index contributed by atoms with van der Waals surface area (Å²) >= 11 is 0. The zero-order valence-electron chi connectivity index (χ0n) is 17.1. The highest BCUT2D eigenvalue weighted by Crippen LogP contribution is 2.26. The Labute approximate surface area is 172 Å². The molecule has 1 aromatic carbocycles. The standard InChI is InChI=1S/C23H31N3O3/c27-22(8-4-7-18-5-2-1-3-6-18)26-13-9-19(10-14-26)17-21-24-23(25-29-21)20-11-15-28-16-12-20/h1-3,5-6,19-20H,4,7-17H2. The second-order valence-corrected chi connectivity index (χ2v) is 8.30. The Morgan fingerprint density at radius 2 is 1.83 bits per heavy atom. The van der Waals surface area contributed by atoms with Gasteiger partial charge in [-0.25, -0.2) is 0 Å². The Bertz CT molecular complexity index is 763. The van der Waals surface area contributed by atoms with Gasteiger partial charge in [-0.15, -0.1) is 0 Å². The Morgan fingerprint density at radius 3 is 2.59 bits per heavy atom. The molecule has 0 N–H and O–H groups in total. The SMILES string of the molecule is O=C(CCCc1ccccc1)N1CCC(Cc2nc(C3CCOCC3)no2)CC1. The van der Waals surface area contributed by atoms with E-state index in [1.54, 1.807) is 0 Å². The van der Waals surface area contributed by atoms with Gasteiger partial charge in [0.1, 0.15) is 0 Å². The van der Waals surface area contributed by atoms with Gasteiger partial charge in [-0.2, -0.15) is 4.98 Å². The first-order valence-corrected chi connectivity index (χ1v) is 11.0. The van der Waals surface area contributed by atoms with Crippen molar-refractivity contribution in [2.24, 2.45) is 5.92 Å². The van der Waals surface area contributed by atoms with Crippen molar-refractivity contribution in [2.75, 3.05) is 26.3 Å². The van der Waals surface area contributed by atoms with Crippen LogP contribution in [-0.4, -0.2) is 47.3 Å². The summed E-state index contributed by atoms with van der Waals surface area (Å²) in [5.74, 6) is 2.77. The maximum atomic E-state index is 12.5. The molecule has 0 saturated carbocycles. The van der Waals surface area contributed by atoms with Crippen molar-refractivity contribution in [1.29, 1.82) is 0 Å². The van der Waals surface area contributed by atoms with E-state index in [1.165, 1.54) is 5.56 Å². The van der Waals surface area contributed by atoms with Crippen LogP contribution >= 0.6 is 0 Å². The summed E-state index contributed by atoms with van der Waals surface area (Å²) in [6.07, 6.45) is 7.33. The molecule has 0 unspecified atom stereocenters. The summed E-state index contributed by atoms with van der Waals surface area (Å²) in [5, 5.41) is 4.20. The number of carbonyl (C=O) groups is 1. The van der Waals surface area contributed by atoms with Gasteiger partial charge in [0, 0.05) is 45.1 Å². The first-order valence-electron chi connectivity index (χ1n) is 11.0. The van der Waals surface area contributed by atoms with Crippen LogP contribution in [0, 0.1) is 5.92 Å². The molecule has 2 aromatic rings. The molecule has 3 heterocycles. The predicted octanol–water partition coefficient (Wildman–Crippen LogP) is 3.77. The van der Waals surface area contributed by atoms with Crippen LogP contribution in [0.1, 0.15) is 61.7 Å². The first-order chi connectivity index (χ1) is 14.3. The molecule has 1 aromatic heterocycles. The van der Waals surface area contributed by atoms with Crippen LogP contribution in [0.2, 0.25) is 0 Å². The summed E-state index contributed by atoms with van der Waals surface area (Å²) in [6, 6.07) is 10.4. The van der Waals surface area contributed by atoms with E-state index in [2.05, 4.69) is 34.4 Å². The summed E-state index contributed by atoms with van der Waals surface area (Å²) in [4.78, 5) is 19.2. The van der Waals surface area contributed by atoms with Gasteiger partial charge in [-0.05, 0) is 50.0 Å². The van der Waals surface area contributed by atoms with E-state index >= 15 is 0 Å². The number of benzene rings is 1. The quantitative estimate of drug-likeness (QED) is 0.711. The van der Waals surface area contributed by atoms with Crippen LogP contribution < -0.4 is 0 Å². The average Bonchev–Trinajstić information content (AvgIpc) is 3.24. The van der Waals surface area contributed by atoms with Crippen LogP contribution in [0.3, 0.4) is 0 Å². The fraction of sp³-hybridized carbons (Fsp3) is 0.609. The molecule has 6 nitrogen and oxygen atoms in total. The zero-order valence-corrected chi connectivity index (χ0v) is 17.1. The van der Waals surface area contributed by atoms with Crippen molar-refractivity contribution in [2.45, 2.75) is 57.3 Å². The van der Waals surface area contributed by atoms with Crippen LogP contribution in [0.25, 0.3) is 0 Å². The van der Waals surface area contributed by atoms with Crippen LogP contribution in [0.15, 0.2) is 34.9 Å². The number of aryl methyl sites for hydroxylation is 1. The third-order valence-corrected chi connectivity index (χ3v) is 6.20. The van der Waals surface area contributed by atoms with Crippen molar-refractivity contribution in [3.63, 3.8) is 0 Å². The molecule has 29 heavy (non-hydrogen) atoms. The molecule has 0 spiro atoms. The van der Waals surface area contributed by atoms with E-state index in [9.17, 15) is 4.79 Å². The van der Waals surface area contributed by atoms with E-state index in [1.807, 2.05) is 11.0 Å². The summed E-state index contributed by atoms with van der Waals surface area (Å²) in [6.45, 7) is 3.25. The molecule has 2 aliphatic rings. The van der Waals surface area contributed by atoms with Gasteiger partial charge in [0.15, 0.2) is 5.82 Å². The number of nitrogens with zero attached hydrogens (tertiary/aromatic N) is 3. The van der Waals surface area contributed by atoms with Crippen molar-refractivity contribution in [3.05, 3.63) is 47.6 Å². The van der Waals surface area contributed by atoms with Gasteiger partial charge in [0.2, 0.25) is 11.8 Å².